The Balaban J connectivity index is 1.63. The predicted molar refractivity (Wildman–Crippen MR) is 103 cm³/mol. The van der Waals surface area contributed by atoms with Crippen LogP contribution in [0.25, 0.3) is 0 Å². The topological polar surface area (TPSA) is 47.9 Å². The van der Waals surface area contributed by atoms with Crippen molar-refractivity contribution in [3.05, 3.63) is 89.5 Å². The third-order valence-corrected chi connectivity index (χ3v) is 3.97. The van der Waals surface area contributed by atoms with Crippen LogP contribution in [0, 0.1) is 0 Å². The third-order valence-electron chi connectivity index (χ3n) is 3.97. The number of nitrogens with zero attached hydrogens (tertiary/aromatic N) is 1. The van der Waals surface area contributed by atoms with Gasteiger partial charge in [-0.25, -0.2) is 4.79 Å². The van der Waals surface area contributed by atoms with Crippen LogP contribution in [0.5, 0.6) is 11.5 Å². The van der Waals surface area contributed by atoms with E-state index in [4.69, 9.17) is 9.47 Å². The summed E-state index contributed by atoms with van der Waals surface area (Å²) < 4.78 is 47.9. The molecule has 3 aromatic carbocycles. The summed E-state index contributed by atoms with van der Waals surface area (Å²) in [6.07, 6.45) is -2.76. The molecule has 29 heavy (non-hydrogen) atoms. The largest absolute Gasteiger partial charge is 0.497 e. The molecule has 0 atom stereocenters. The van der Waals surface area contributed by atoms with Crippen molar-refractivity contribution >= 4 is 17.9 Å². The summed E-state index contributed by atoms with van der Waals surface area (Å²) in [5.74, 6) is 0.109. The molecule has 0 heterocycles. The number of benzene rings is 3. The first-order valence-corrected chi connectivity index (χ1v) is 8.53. The highest BCUT2D eigenvalue weighted by molar-refractivity contribution is 5.91. The van der Waals surface area contributed by atoms with Gasteiger partial charge in [-0.15, -0.1) is 0 Å². The maximum absolute atomic E-state index is 12.6. The first kappa shape index (κ1) is 20.1. The Hall–Kier alpha value is -3.61. The zero-order chi connectivity index (χ0) is 20.9. The number of methoxy groups -OCH3 is 1. The molecule has 0 fully saturated rings. The first-order chi connectivity index (χ1) is 13.8. The lowest BCUT2D eigenvalue weighted by atomic mass is 10.2. The van der Waals surface area contributed by atoms with E-state index in [1.807, 2.05) is 24.3 Å². The molecule has 0 aliphatic carbocycles. The molecule has 4 nitrogen and oxygen atoms in total. The number of aliphatic imine (C=N–C) groups is 1. The Labute approximate surface area is 165 Å². The maximum atomic E-state index is 12.6. The minimum absolute atomic E-state index is 0.0320. The van der Waals surface area contributed by atoms with Gasteiger partial charge in [-0.1, -0.05) is 0 Å². The molecule has 0 unspecified atom stereocenters. The summed E-state index contributed by atoms with van der Waals surface area (Å²) in [5, 5.41) is 0. The number of esters is 1. The zero-order valence-electron chi connectivity index (χ0n) is 15.3. The Bertz CT molecular complexity index is 993. The lowest BCUT2D eigenvalue weighted by molar-refractivity contribution is -0.137. The van der Waals surface area contributed by atoms with Gasteiger partial charge in [-0.05, 0) is 78.4 Å². The minimum atomic E-state index is -4.44. The molecule has 0 aliphatic rings. The average molecular weight is 399 g/mol. The van der Waals surface area contributed by atoms with Crippen molar-refractivity contribution in [2.75, 3.05) is 7.11 Å². The van der Waals surface area contributed by atoms with Gasteiger partial charge in [0.15, 0.2) is 0 Å². The van der Waals surface area contributed by atoms with Gasteiger partial charge in [0.05, 0.1) is 23.9 Å². The van der Waals surface area contributed by atoms with Gasteiger partial charge < -0.3 is 9.47 Å². The van der Waals surface area contributed by atoms with E-state index in [2.05, 4.69) is 4.99 Å². The molecule has 3 rings (SSSR count). The molecule has 0 bridgehead atoms. The van der Waals surface area contributed by atoms with Crippen LogP contribution in [0.3, 0.4) is 0 Å². The number of halogens is 3. The quantitative estimate of drug-likeness (QED) is 0.315. The van der Waals surface area contributed by atoms with Crippen LogP contribution in [0.4, 0.5) is 18.9 Å². The van der Waals surface area contributed by atoms with Gasteiger partial charge in [0, 0.05) is 6.21 Å². The Morgan fingerprint density at radius 1 is 0.862 bits per heavy atom. The van der Waals surface area contributed by atoms with Crippen LogP contribution < -0.4 is 9.47 Å². The standard InChI is InChI=1S/C22H16F3NO3/c1-28-19-10-2-15(3-11-19)14-26-18-8-4-16(5-9-18)21(27)29-20-12-6-17(7-13-20)22(23,24)25/h2-14H,1H3. The summed E-state index contributed by atoms with van der Waals surface area (Å²) in [4.78, 5) is 16.5. The van der Waals surface area contributed by atoms with Crippen molar-refractivity contribution in [1.82, 2.24) is 0 Å². The number of carbonyl (C=O) groups excluding carboxylic acids is 1. The van der Waals surface area contributed by atoms with Crippen molar-refractivity contribution in [3.63, 3.8) is 0 Å². The molecule has 0 aliphatic heterocycles. The summed E-state index contributed by atoms with van der Waals surface area (Å²) in [5.41, 5.74) is 0.966. The normalized spacial score (nSPS) is 11.4. The van der Waals surface area contributed by atoms with Gasteiger partial charge in [-0.2, -0.15) is 13.2 Å². The van der Waals surface area contributed by atoms with Gasteiger partial charge in [0.25, 0.3) is 0 Å². The minimum Gasteiger partial charge on any atom is -0.497 e. The van der Waals surface area contributed by atoms with Gasteiger partial charge >= 0.3 is 12.1 Å². The van der Waals surface area contributed by atoms with Crippen LogP contribution >= 0.6 is 0 Å². The Morgan fingerprint density at radius 2 is 1.45 bits per heavy atom. The number of ether oxygens (including phenoxy) is 2. The second kappa shape index (κ2) is 8.60. The molecular formula is C22H16F3NO3. The van der Waals surface area contributed by atoms with Gasteiger partial charge in [-0.3, -0.25) is 4.99 Å². The van der Waals surface area contributed by atoms with E-state index in [1.54, 1.807) is 25.5 Å². The number of hydrogen-bond donors (Lipinski definition) is 0. The second-order valence-corrected chi connectivity index (χ2v) is 5.99. The SMILES string of the molecule is COc1ccc(C=Nc2ccc(C(=O)Oc3ccc(C(F)(F)F)cc3)cc2)cc1. The molecule has 0 spiro atoms. The molecule has 3 aromatic rings. The summed E-state index contributed by atoms with van der Waals surface area (Å²) in [7, 11) is 1.59. The highest BCUT2D eigenvalue weighted by atomic mass is 19.4. The van der Waals surface area contributed by atoms with Crippen molar-refractivity contribution in [3.8, 4) is 11.5 Å². The van der Waals surface area contributed by atoms with Crippen molar-refractivity contribution < 1.29 is 27.4 Å². The van der Waals surface area contributed by atoms with E-state index < -0.39 is 17.7 Å². The lowest BCUT2D eigenvalue weighted by Gasteiger charge is -2.08. The van der Waals surface area contributed by atoms with Crippen LogP contribution in [-0.4, -0.2) is 19.3 Å². The molecule has 0 radical (unpaired) electrons. The maximum Gasteiger partial charge on any atom is 0.416 e. The summed E-state index contributed by atoms with van der Waals surface area (Å²) in [6, 6.07) is 17.6. The lowest BCUT2D eigenvalue weighted by Crippen LogP contribution is -2.09. The van der Waals surface area contributed by atoms with E-state index >= 15 is 0 Å². The van der Waals surface area contributed by atoms with Crippen molar-refractivity contribution in [1.29, 1.82) is 0 Å². The summed E-state index contributed by atoms with van der Waals surface area (Å²) >= 11 is 0. The fourth-order valence-corrected chi connectivity index (χ4v) is 2.40. The van der Waals surface area contributed by atoms with E-state index in [1.165, 1.54) is 12.1 Å². The predicted octanol–water partition coefficient (Wildman–Crippen LogP) is 5.68. The fraction of sp³-hybridized carbons (Fsp3) is 0.0909. The highest BCUT2D eigenvalue weighted by Gasteiger charge is 2.30. The van der Waals surface area contributed by atoms with Crippen molar-refractivity contribution in [2.24, 2.45) is 4.99 Å². The molecule has 7 heteroatoms. The molecule has 0 N–H and O–H groups in total. The molecule has 0 saturated heterocycles. The number of carbonyl (C=O) groups is 1. The number of hydrogen-bond acceptors (Lipinski definition) is 4. The summed E-state index contributed by atoms with van der Waals surface area (Å²) in [6.45, 7) is 0. The van der Waals surface area contributed by atoms with E-state index in [0.29, 0.717) is 5.69 Å². The van der Waals surface area contributed by atoms with Crippen LogP contribution in [0.1, 0.15) is 21.5 Å². The highest BCUT2D eigenvalue weighted by Crippen LogP contribution is 2.30. The zero-order valence-corrected chi connectivity index (χ0v) is 15.3. The molecule has 0 saturated carbocycles. The van der Waals surface area contributed by atoms with E-state index in [0.717, 1.165) is 35.6 Å². The van der Waals surface area contributed by atoms with Gasteiger partial charge in [0.1, 0.15) is 11.5 Å². The van der Waals surface area contributed by atoms with Gasteiger partial charge in [0.2, 0.25) is 0 Å². The van der Waals surface area contributed by atoms with Crippen LogP contribution in [0.2, 0.25) is 0 Å². The Morgan fingerprint density at radius 3 is 2.00 bits per heavy atom. The Kier molecular flexibility index (Phi) is 5.97. The molecule has 0 aromatic heterocycles. The smallest absolute Gasteiger partial charge is 0.416 e. The first-order valence-electron chi connectivity index (χ1n) is 8.53. The van der Waals surface area contributed by atoms with Crippen molar-refractivity contribution in [2.45, 2.75) is 6.18 Å². The average Bonchev–Trinajstić information content (AvgIpc) is 2.72. The molecule has 0 amide bonds. The molecular weight excluding hydrogens is 383 g/mol. The monoisotopic (exact) mass is 399 g/mol. The van der Waals surface area contributed by atoms with E-state index in [-0.39, 0.29) is 11.3 Å². The second-order valence-electron chi connectivity index (χ2n) is 5.99. The number of alkyl halides is 3. The molecule has 148 valence electrons. The fourth-order valence-electron chi connectivity index (χ4n) is 2.40. The van der Waals surface area contributed by atoms with Crippen LogP contribution in [-0.2, 0) is 6.18 Å². The van der Waals surface area contributed by atoms with E-state index in [9.17, 15) is 18.0 Å². The third kappa shape index (κ3) is 5.44. The number of rotatable bonds is 5. The van der Waals surface area contributed by atoms with Crippen LogP contribution in [0.15, 0.2) is 77.8 Å².